The van der Waals surface area contributed by atoms with Crippen LogP contribution in [0.2, 0.25) is 0 Å². The summed E-state index contributed by atoms with van der Waals surface area (Å²) in [4.78, 5) is 14.1. The van der Waals surface area contributed by atoms with E-state index in [4.69, 9.17) is 4.74 Å². The van der Waals surface area contributed by atoms with E-state index in [0.717, 1.165) is 32.5 Å². The number of likely N-dealkylation sites (tertiary alicyclic amines) is 1. The van der Waals surface area contributed by atoms with Crippen LogP contribution in [-0.2, 0) is 16.1 Å². The molecule has 0 N–H and O–H groups in total. The summed E-state index contributed by atoms with van der Waals surface area (Å²) in [5.41, 5.74) is 0. The summed E-state index contributed by atoms with van der Waals surface area (Å²) in [7, 11) is 0. The molecule has 19 heavy (non-hydrogen) atoms. The van der Waals surface area contributed by atoms with Crippen molar-refractivity contribution in [3.8, 4) is 0 Å². The number of nitrogens with zero attached hydrogens (tertiary/aromatic N) is 3. The smallest absolute Gasteiger partial charge is 0.248 e. The fourth-order valence-electron chi connectivity index (χ4n) is 2.66. The van der Waals surface area contributed by atoms with Gasteiger partial charge < -0.3 is 9.64 Å². The molecule has 1 saturated heterocycles. The Labute approximate surface area is 113 Å². The lowest BCUT2D eigenvalue weighted by molar-refractivity contribution is -0.137. The number of carbonyl (C=O) groups excluding carboxylic acids is 1. The Morgan fingerprint density at radius 3 is 3.00 bits per heavy atom. The fraction of sp³-hybridized carbons (Fsp3) is 0.714. The van der Waals surface area contributed by atoms with Gasteiger partial charge in [0.05, 0.1) is 19.2 Å². The summed E-state index contributed by atoms with van der Waals surface area (Å²) >= 11 is 0. The predicted molar refractivity (Wildman–Crippen MR) is 70.5 cm³/mol. The molecule has 5 heteroatoms. The third-order valence-corrected chi connectivity index (χ3v) is 3.93. The van der Waals surface area contributed by atoms with Crippen molar-refractivity contribution in [1.29, 1.82) is 0 Å². The maximum Gasteiger partial charge on any atom is 0.248 e. The van der Waals surface area contributed by atoms with Crippen molar-refractivity contribution in [2.24, 2.45) is 5.92 Å². The zero-order valence-electron chi connectivity index (χ0n) is 11.2. The molecule has 1 atom stereocenters. The first-order valence-corrected chi connectivity index (χ1v) is 7.17. The van der Waals surface area contributed by atoms with Crippen molar-refractivity contribution >= 4 is 5.91 Å². The van der Waals surface area contributed by atoms with Crippen LogP contribution in [0.15, 0.2) is 18.5 Å². The maximum absolute atomic E-state index is 12.2. The van der Waals surface area contributed by atoms with Crippen molar-refractivity contribution in [3.63, 3.8) is 0 Å². The molecule has 2 heterocycles. The minimum atomic E-state index is 0.135. The van der Waals surface area contributed by atoms with E-state index in [0.29, 0.717) is 5.92 Å². The standard InChI is InChI=1S/C14H21N3O2/c18-14(11-19-10-12-4-5-12)17-8-1-3-13(17)9-16-7-2-6-15-16/h2,6-7,12-13H,1,3-5,8-11H2. The Kier molecular flexibility index (Phi) is 3.82. The average molecular weight is 263 g/mol. The number of amides is 1. The van der Waals surface area contributed by atoms with Crippen LogP contribution in [0.1, 0.15) is 25.7 Å². The summed E-state index contributed by atoms with van der Waals surface area (Å²) in [6, 6.07) is 2.19. The highest BCUT2D eigenvalue weighted by molar-refractivity contribution is 5.78. The lowest BCUT2D eigenvalue weighted by Crippen LogP contribution is -2.40. The first-order valence-electron chi connectivity index (χ1n) is 7.17. The first kappa shape index (κ1) is 12.7. The normalized spacial score (nSPS) is 22.9. The molecular weight excluding hydrogens is 242 g/mol. The SMILES string of the molecule is O=C(COCC1CC1)N1CCCC1Cn1cccn1. The number of rotatable bonds is 6. The Morgan fingerprint density at radius 2 is 2.26 bits per heavy atom. The van der Waals surface area contributed by atoms with Crippen LogP contribution in [0.5, 0.6) is 0 Å². The lowest BCUT2D eigenvalue weighted by atomic mass is 10.2. The Bertz CT molecular complexity index is 414. The summed E-state index contributed by atoms with van der Waals surface area (Å²) in [5, 5.41) is 4.21. The van der Waals surface area contributed by atoms with Crippen molar-refractivity contribution in [2.45, 2.75) is 38.3 Å². The number of carbonyl (C=O) groups is 1. The van der Waals surface area contributed by atoms with Crippen molar-refractivity contribution in [1.82, 2.24) is 14.7 Å². The van der Waals surface area contributed by atoms with Gasteiger partial charge in [-0.2, -0.15) is 5.10 Å². The summed E-state index contributed by atoms with van der Waals surface area (Å²) in [6.07, 6.45) is 8.40. The van der Waals surface area contributed by atoms with Crippen LogP contribution in [0, 0.1) is 5.92 Å². The molecule has 2 fully saturated rings. The fourth-order valence-corrected chi connectivity index (χ4v) is 2.66. The number of hydrogen-bond acceptors (Lipinski definition) is 3. The van der Waals surface area contributed by atoms with E-state index in [1.165, 1.54) is 12.8 Å². The molecular formula is C14H21N3O2. The van der Waals surface area contributed by atoms with E-state index in [1.54, 1.807) is 6.20 Å². The highest BCUT2D eigenvalue weighted by Crippen LogP contribution is 2.28. The predicted octanol–water partition coefficient (Wildman–Crippen LogP) is 1.30. The van der Waals surface area contributed by atoms with E-state index < -0.39 is 0 Å². The van der Waals surface area contributed by atoms with Crippen LogP contribution >= 0.6 is 0 Å². The molecule has 1 aromatic rings. The van der Waals surface area contributed by atoms with Crippen LogP contribution in [0.4, 0.5) is 0 Å². The largest absolute Gasteiger partial charge is 0.371 e. The highest BCUT2D eigenvalue weighted by Gasteiger charge is 2.29. The molecule has 1 aromatic heterocycles. The molecule has 1 unspecified atom stereocenters. The number of hydrogen-bond donors (Lipinski definition) is 0. The molecule has 0 bridgehead atoms. The van der Waals surface area contributed by atoms with Gasteiger partial charge in [-0.3, -0.25) is 9.48 Å². The third kappa shape index (κ3) is 3.35. The minimum absolute atomic E-state index is 0.135. The molecule has 104 valence electrons. The topological polar surface area (TPSA) is 47.4 Å². The summed E-state index contributed by atoms with van der Waals surface area (Å²) < 4.78 is 7.41. The van der Waals surface area contributed by atoms with Gasteiger partial charge in [0.25, 0.3) is 0 Å². The molecule has 3 rings (SSSR count). The quantitative estimate of drug-likeness (QED) is 0.777. The zero-order chi connectivity index (χ0) is 13.1. The van der Waals surface area contributed by atoms with Crippen LogP contribution < -0.4 is 0 Å². The molecule has 5 nitrogen and oxygen atoms in total. The molecule has 0 spiro atoms. The highest BCUT2D eigenvalue weighted by atomic mass is 16.5. The van der Waals surface area contributed by atoms with Gasteiger partial charge in [0.15, 0.2) is 0 Å². The van der Waals surface area contributed by atoms with Crippen LogP contribution in [0.25, 0.3) is 0 Å². The Morgan fingerprint density at radius 1 is 1.37 bits per heavy atom. The van der Waals surface area contributed by atoms with Crippen LogP contribution in [0.3, 0.4) is 0 Å². The van der Waals surface area contributed by atoms with Crippen molar-refractivity contribution in [2.75, 3.05) is 19.8 Å². The first-order chi connectivity index (χ1) is 9.33. The number of ether oxygens (including phenoxy) is 1. The summed E-state index contributed by atoms with van der Waals surface area (Å²) in [5.74, 6) is 0.849. The molecule has 1 aliphatic heterocycles. The monoisotopic (exact) mass is 263 g/mol. The molecule has 0 aromatic carbocycles. The van der Waals surface area contributed by atoms with Gasteiger partial charge in [-0.05, 0) is 37.7 Å². The molecule has 0 radical (unpaired) electrons. The molecule has 1 amide bonds. The Balaban J connectivity index is 1.48. The third-order valence-electron chi connectivity index (χ3n) is 3.93. The Hall–Kier alpha value is -1.36. The van der Waals surface area contributed by atoms with E-state index in [-0.39, 0.29) is 18.6 Å². The number of aromatic nitrogens is 2. The summed E-state index contributed by atoms with van der Waals surface area (Å²) in [6.45, 7) is 2.65. The van der Waals surface area contributed by atoms with Crippen molar-refractivity contribution in [3.05, 3.63) is 18.5 Å². The van der Waals surface area contributed by atoms with Gasteiger partial charge in [-0.15, -0.1) is 0 Å². The minimum Gasteiger partial charge on any atom is -0.371 e. The van der Waals surface area contributed by atoms with Gasteiger partial charge in [0.2, 0.25) is 5.91 Å². The van der Waals surface area contributed by atoms with Crippen LogP contribution in [-0.4, -0.2) is 46.4 Å². The van der Waals surface area contributed by atoms with Gasteiger partial charge in [0, 0.05) is 18.9 Å². The van der Waals surface area contributed by atoms with Gasteiger partial charge in [0.1, 0.15) is 6.61 Å². The van der Waals surface area contributed by atoms with Gasteiger partial charge >= 0.3 is 0 Å². The van der Waals surface area contributed by atoms with E-state index >= 15 is 0 Å². The average Bonchev–Trinajstić information content (AvgIpc) is 2.91. The lowest BCUT2D eigenvalue weighted by Gasteiger charge is -2.24. The molecule has 2 aliphatic rings. The second kappa shape index (κ2) is 5.74. The molecule has 1 saturated carbocycles. The van der Waals surface area contributed by atoms with E-state index in [9.17, 15) is 4.79 Å². The van der Waals surface area contributed by atoms with E-state index in [2.05, 4.69) is 5.10 Å². The maximum atomic E-state index is 12.2. The van der Waals surface area contributed by atoms with Gasteiger partial charge in [-0.1, -0.05) is 0 Å². The molecule has 1 aliphatic carbocycles. The van der Waals surface area contributed by atoms with Gasteiger partial charge in [-0.25, -0.2) is 0 Å². The second-order valence-electron chi connectivity index (χ2n) is 5.57. The van der Waals surface area contributed by atoms with E-state index in [1.807, 2.05) is 21.8 Å². The second-order valence-corrected chi connectivity index (χ2v) is 5.57. The van der Waals surface area contributed by atoms with Crippen molar-refractivity contribution < 1.29 is 9.53 Å². The zero-order valence-corrected chi connectivity index (χ0v) is 11.2.